The van der Waals surface area contributed by atoms with Crippen molar-refractivity contribution in [3.8, 4) is 0 Å². The van der Waals surface area contributed by atoms with Crippen molar-refractivity contribution in [3.63, 3.8) is 0 Å². The molecule has 0 saturated carbocycles. The average molecular weight is 445 g/mol. The molecular weight excluding hydrogens is 423 g/mol. The summed E-state index contributed by atoms with van der Waals surface area (Å²) in [5, 5.41) is 1.49. The smallest absolute Gasteiger partial charge is 0.261 e. The quantitative estimate of drug-likeness (QED) is 0.616. The topological polar surface area (TPSA) is 58.4 Å². The second kappa shape index (κ2) is 8.38. The molecule has 1 aliphatic rings. The number of carbonyl (C=O) groups is 1. The van der Waals surface area contributed by atoms with Gasteiger partial charge in [-0.2, -0.15) is 0 Å². The lowest BCUT2D eigenvalue weighted by Crippen LogP contribution is -2.50. The van der Waals surface area contributed by atoms with Gasteiger partial charge >= 0.3 is 0 Å². The van der Waals surface area contributed by atoms with E-state index in [1.165, 1.54) is 0 Å². The first kappa shape index (κ1) is 20.8. The van der Waals surface area contributed by atoms with Gasteiger partial charge in [0.05, 0.1) is 27.5 Å². The lowest BCUT2D eigenvalue weighted by molar-refractivity contribution is 0.0572. The number of benzene rings is 2. The van der Waals surface area contributed by atoms with Crippen molar-refractivity contribution >= 4 is 40.0 Å². The summed E-state index contributed by atoms with van der Waals surface area (Å²) in [5.41, 5.74) is 1.05. The fraction of sp³-hybridized carbons (Fsp3) is 0.318. The summed E-state index contributed by atoms with van der Waals surface area (Å²) in [5.74, 6) is 0.640. The molecule has 2 heterocycles. The number of carbonyl (C=O) groups excluding carboxylic acids is 1. The summed E-state index contributed by atoms with van der Waals surface area (Å²) >= 11 is 12.2. The molecule has 6 nitrogen and oxygen atoms in total. The predicted octanol–water partition coefficient (Wildman–Crippen LogP) is 3.76. The number of fused-ring (bicyclic) bond motifs is 1. The second-order valence-corrected chi connectivity index (χ2v) is 8.32. The number of halogens is 2. The van der Waals surface area contributed by atoms with Crippen molar-refractivity contribution in [2.45, 2.75) is 13.0 Å². The second-order valence-electron chi connectivity index (χ2n) is 7.48. The van der Waals surface area contributed by atoms with E-state index < -0.39 is 0 Å². The Kier molecular flexibility index (Phi) is 5.82. The molecule has 8 heteroatoms. The van der Waals surface area contributed by atoms with E-state index in [1.54, 1.807) is 41.9 Å². The van der Waals surface area contributed by atoms with Crippen LogP contribution in [0.3, 0.4) is 0 Å². The van der Waals surface area contributed by atoms with Crippen LogP contribution in [-0.4, -0.2) is 51.4 Å². The molecule has 156 valence electrons. The molecule has 30 heavy (non-hydrogen) atoms. The van der Waals surface area contributed by atoms with E-state index in [1.807, 2.05) is 24.0 Å². The van der Waals surface area contributed by atoms with Crippen LogP contribution in [0.1, 0.15) is 29.1 Å². The molecule has 1 saturated heterocycles. The van der Waals surface area contributed by atoms with Gasteiger partial charge in [-0.1, -0.05) is 35.3 Å². The first-order chi connectivity index (χ1) is 14.4. The van der Waals surface area contributed by atoms with Gasteiger partial charge in [0.1, 0.15) is 5.82 Å². The normalized spacial score (nSPS) is 16.1. The minimum absolute atomic E-state index is 0.0546. The highest BCUT2D eigenvalue weighted by Crippen LogP contribution is 2.23. The summed E-state index contributed by atoms with van der Waals surface area (Å²) in [6, 6.07) is 12.2. The largest absolute Gasteiger partial charge is 0.336 e. The van der Waals surface area contributed by atoms with Gasteiger partial charge in [0.2, 0.25) is 0 Å². The zero-order chi connectivity index (χ0) is 21.4. The highest BCUT2D eigenvalue weighted by atomic mass is 35.5. The predicted molar refractivity (Wildman–Crippen MR) is 119 cm³/mol. The molecule has 0 N–H and O–H groups in total. The van der Waals surface area contributed by atoms with Crippen LogP contribution in [0, 0.1) is 0 Å². The van der Waals surface area contributed by atoms with Crippen molar-refractivity contribution < 1.29 is 4.79 Å². The Hall–Kier alpha value is -2.41. The van der Waals surface area contributed by atoms with E-state index in [-0.39, 0.29) is 17.5 Å². The number of hydrogen-bond donors (Lipinski definition) is 0. The zero-order valence-electron chi connectivity index (χ0n) is 16.8. The van der Waals surface area contributed by atoms with Crippen LogP contribution in [0.25, 0.3) is 10.9 Å². The van der Waals surface area contributed by atoms with E-state index in [9.17, 15) is 9.59 Å². The van der Waals surface area contributed by atoms with Crippen LogP contribution < -0.4 is 5.56 Å². The Bertz CT molecular complexity index is 1170. The standard InChI is InChI=1S/C22H22Cl2N4O2/c1-14(20-25-19-8-7-15(23)13-17(19)21(29)26(20)2)27-9-11-28(12-10-27)22(30)16-5-3-4-6-18(16)24/h3-8,13-14H,9-12H2,1-2H3. The van der Waals surface area contributed by atoms with Crippen LogP contribution in [0.5, 0.6) is 0 Å². The highest BCUT2D eigenvalue weighted by Gasteiger charge is 2.28. The SMILES string of the molecule is CC(c1nc2ccc(Cl)cc2c(=O)n1C)N1CCN(C(=O)c2ccccc2Cl)CC1. The van der Waals surface area contributed by atoms with E-state index in [0.717, 1.165) is 0 Å². The maximum atomic E-state index is 12.8. The number of aromatic nitrogens is 2. The molecule has 1 aliphatic heterocycles. The monoisotopic (exact) mass is 444 g/mol. The Morgan fingerprint density at radius 2 is 1.77 bits per heavy atom. The molecule has 3 aromatic rings. The van der Waals surface area contributed by atoms with Crippen LogP contribution >= 0.6 is 23.2 Å². The van der Waals surface area contributed by atoms with Crippen LogP contribution in [0.2, 0.25) is 10.0 Å². The van der Waals surface area contributed by atoms with Crippen molar-refractivity contribution in [2.24, 2.45) is 7.05 Å². The third-order valence-electron chi connectivity index (χ3n) is 5.70. The average Bonchev–Trinajstić information content (AvgIpc) is 2.76. The van der Waals surface area contributed by atoms with Gasteiger partial charge < -0.3 is 4.90 Å². The van der Waals surface area contributed by atoms with Crippen LogP contribution in [-0.2, 0) is 7.05 Å². The lowest BCUT2D eigenvalue weighted by atomic mass is 10.1. The molecule has 1 amide bonds. The first-order valence-corrected chi connectivity index (χ1v) is 10.6. The lowest BCUT2D eigenvalue weighted by Gasteiger charge is -2.38. The van der Waals surface area contributed by atoms with Gasteiger partial charge in [-0.15, -0.1) is 0 Å². The Morgan fingerprint density at radius 1 is 1.07 bits per heavy atom. The molecule has 0 bridgehead atoms. The Labute approximate surface area is 184 Å². The molecule has 4 rings (SSSR count). The Morgan fingerprint density at radius 3 is 2.47 bits per heavy atom. The number of nitrogens with zero attached hydrogens (tertiary/aromatic N) is 4. The third-order valence-corrected chi connectivity index (χ3v) is 6.26. The van der Waals surface area contributed by atoms with E-state index >= 15 is 0 Å². The molecule has 1 unspecified atom stereocenters. The number of amides is 1. The highest BCUT2D eigenvalue weighted by molar-refractivity contribution is 6.33. The third kappa shape index (κ3) is 3.83. The van der Waals surface area contributed by atoms with Crippen molar-refractivity contribution in [3.05, 3.63) is 74.3 Å². The van der Waals surface area contributed by atoms with Crippen molar-refractivity contribution in [2.75, 3.05) is 26.2 Å². The summed E-state index contributed by atoms with van der Waals surface area (Å²) in [6.45, 7) is 4.59. The number of piperazine rings is 1. The van der Waals surface area contributed by atoms with Gasteiger partial charge in [0.15, 0.2) is 0 Å². The van der Waals surface area contributed by atoms with Gasteiger partial charge in [0.25, 0.3) is 11.5 Å². The number of hydrogen-bond acceptors (Lipinski definition) is 4. The molecule has 0 radical (unpaired) electrons. The summed E-state index contributed by atoms with van der Waals surface area (Å²) in [4.78, 5) is 34.4. The van der Waals surface area contributed by atoms with Crippen molar-refractivity contribution in [1.29, 1.82) is 0 Å². The summed E-state index contributed by atoms with van der Waals surface area (Å²) in [6.07, 6.45) is 0. The van der Waals surface area contributed by atoms with Crippen LogP contribution in [0.4, 0.5) is 0 Å². The zero-order valence-corrected chi connectivity index (χ0v) is 18.3. The summed E-state index contributed by atoms with van der Waals surface area (Å²) in [7, 11) is 1.73. The maximum absolute atomic E-state index is 12.8. The minimum atomic E-state index is -0.114. The molecular formula is C22H22Cl2N4O2. The van der Waals surface area contributed by atoms with E-state index in [0.29, 0.717) is 58.5 Å². The Balaban J connectivity index is 1.52. The van der Waals surface area contributed by atoms with Gasteiger partial charge in [-0.05, 0) is 37.3 Å². The molecule has 2 aromatic carbocycles. The van der Waals surface area contributed by atoms with Crippen LogP contribution in [0.15, 0.2) is 47.3 Å². The first-order valence-electron chi connectivity index (χ1n) is 9.81. The molecule has 1 fully saturated rings. The molecule has 1 aromatic heterocycles. The molecule has 1 atom stereocenters. The fourth-order valence-corrected chi connectivity index (χ4v) is 4.30. The molecule has 0 aliphatic carbocycles. The fourth-order valence-electron chi connectivity index (χ4n) is 3.91. The number of rotatable bonds is 3. The van der Waals surface area contributed by atoms with Gasteiger partial charge in [0, 0.05) is 38.2 Å². The van der Waals surface area contributed by atoms with Gasteiger partial charge in [-0.25, -0.2) is 4.98 Å². The summed E-state index contributed by atoms with van der Waals surface area (Å²) < 4.78 is 1.59. The van der Waals surface area contributed by atoms with Crippen molar-refractivity contribution in [1.82, 2.24) is 19.4 Å². The minimum Gasteiger partial charge on any atom is -0.336 e. The molecule has 0 spiro atoms. The van der Waals surface area contributed by atoms with E-state index in [2.05, 4.69) is 4.90 Å². The maximum Gasteiger partial charge on any atom is 0.261 e. The van der Waals surface area contributed by atoms with E-state index in [4.69, 9.17) is 28.2 Å². The van der Waals surface area contributed by atoms with Gasteiger partial charge in [-0.3, -0.25) is 19.1 Å².